The van der Waals surface area contributed by atoms with Gasteiger partial charge < -0.3 is 10.6 Å². The van der Waals surface area contributed by atoms with Gasteiger partial charge in [-0.2, -0.15) is 0 Å². The second-order valence-corrected chi connectivity index (χ2v) is 5.51. The van der Waals surface area contributed by atoms with Gasteiger partial charge in [0.2, 0.25) is 0 Å². The van der Waals surface area contributed by atoms with E-state index in [-0.39, 0.29) is 0 Å². The molecule has 0 radical (unpaired) electrons. The van der Waals surface area contributed by atoms with Crippen molar-refractivity contribution in [3.8, 4) is 0 Å². The van der Waals surface area contributed by atoms with E-state index in [4.69, 9.17) is 5.73 Å². The number of thiazole rings is 1. The Morgan fingerprint density at radius 2 is 2.22 bits per heavy atom. The minimum atomic E-state index is 0.680. The number of hydrogen-bond acceptors (Lipinski definition) is 4. The fraction of sp³-hybridized carbons (Fsp3) is 0.357. The molecule has 3 rings (SSSR count). The van der Waals surface area contributed by atoms with Crippen molar-refractivity contribution < 1.29 is 0 Å². The number of fused-ring (bicyclic) bond motifs is 1. The lowest BCUT2D eigenvalue weighted by molar-refractivity contribution is 0.812. The van der Waals surface area contributed by atoms with Gasteiger partial charge in [-0.3, -0.25) is 0 Å². The third-order valence-corrected chi connectivity index (χ3v) is 4.25. The average molecular weight is 259 g/mol. The molecule has 0 spiro atoms. The second kappa shape index (κ2) is 5.08. The Kier molecular flexibility index (Phi) is 3.30. The summed E-state index contributed by atoms with van der Waals surface area (Å²) in [5.74, 6) is 0. The maximum atomic E-state index is 5.55. The molecule has 94 valence electrons. The van der Waals surface area contributed by atoms with Gasteiger partial charge in [0.1, 0.15) is 0 Å². The van der Waals surface area contributed by atoms with E-state index in [0.29, 0.717) is 6.54 Å². The SMILES string of the molecule is NCCc1nc(CN2CCc3ccccc32)cs1. The van der Waals surface area contributed by atoms with Crippen molar-refractivity contribution in [3.63, 3.8) is 0 Å². The molecule has 0 aliphatic carbocycles. The number of rotatable bonds is 4. The Bertz CT molecular complexity index is 535. The molecule has 18 heavy (non-hydrogen) atoms. The first kappa shape index (κ1) is 11.7. The molecule has 2 N–H and O–H groups in total. The van der Waals surface area contributed by atoms with Gasteiger partial charge in [0, 0.05) is 24.0 Å². The molecular weight excluding hydrogens is 242 g/mol. The number of aromatic nitrogens is 1. The number of anilines is 1. The van der Waals surface area contributed by atoms with E-state index in [0.717, 1.165) is 30.9 Å². The molecule has 4 heteroatoms. The molecular formula is C14H17N3S. The average Bonchev–Trinajstić information content (AvgIpc) is 2.99. The molecule has 0 amide bonds. The number of para-hydroxylation sites is 1. The first-order valence-corrected chi connectivity index (χ1v) is 7.21. The number of nitrogens with two attached hydrogens (primary N) is 1. The van der Waals surface area contributed by atoms with Crippen LogP contribution in [0.25, 0.3) is 0 Å². The Balaban J connectivity index is 1.73. The Morgan fingerprint density at radius 1 is 1.33 bits per heavy atom. The van der Waals surface area contributed by atoms with Crippen LogP contribution in [0.1, 0.15) is 16.3 Å². The Hall–Kier alpha value is -1.39. The lowest BCUT2D eigenvalue weighted by atomic mass is 10.2. The Labute approximate surface area is 111 Å². The second-order valence-electron chi connectivity index (χ2n) is 4.57. The molecule has 0 bridgehead atoms. The van der Waals surface area contributed by atoms with Crippen LogP contribution in [0, 0.1) is 0 Å². The van der Waals surface area contributed by atoms with E-state index in [1.165, 1.54) is 16.9 Å². The van der Waals surface area contributed by atoms with E-state index >= 15 is 0 Å². The minimum absolute atomic E-state index is 0.680. The summed E-state index contributed by atoms with van der Waals surface area (Å²) < 4.78 is 0. The third kappa shape index (κ3) is 2.26. The van der Waals surface area contributed by atoms with Crippen molar-refractivity contribution in [1.82, 2.24) is 4.98 Å². The van der Waals surface area contributed by atoms with E-state index in [1.54, 1.807) is 11.3 Å². The van der Waals surface area contributed by atoms with Crippen LogP contribution in [0.4, 0.5) is 5.69 Å². The number of benzene rings is 1. The summed E-state index contributed by atoms with van der Waals surface area (Å²) in [6, 6.07) is 8.65. The molecule has 0 unspecified atom stereocenters. The molecule has 0 saturated heterocycles. The highest BCUT2D eigenvalue weighted by molar-refractivity contribution is 7.09. The summed E-state index contributed by atoms with van der Waals surface area (Å²) >= 11 is 1.72. The highest BCUT2D eigenvalue weighted by atomic mass is 32.1. The maximum Gasteiger partial charge on any atom is 0.0941 e. The zero-order valence-corrected chi connectivity index (χ0v) is 11.1. The van der Waals surface area contributed by atoms with Crippen molar-refractivity contribution in [2.24, 2.45) is 5.73 Å². The predicted octanol–water partition coefficient (Wildman–Crippen LogP) is 2.21. The lowest BCUT2D eigenvalue weighted by Crippen LogP contribution is -2.19. The van der Waals surface area contributed by atoms with Gasteiger partial charge in [-0.05, 0) is 24.6 Å². The molecule has 1 aliphatic heterocycles. The van der Waals surface area contributed by atoms with Crippen molar-refractivity contribution in [2.75, 3.05) is 18.0 Å². The normalized spacial score (nSPS) is 13.9. The van der Waals surface area contributed by atoms with E-state index < -0.39 is 0 Å². The van der Waals surface area contributed by atoms with Crippen LogP contribution in [-0.4, -0.2) is 18.1 Å². The van der Waals surface area contributed by atoms with Gasteiger partial charge in [0.15, 0.2) is 0 Å². The topological polar surface area (TPSA) is 42.1 Å². The first-order valence-electron chi connectivity index (χ1n) is 6.33. The minimum Gasteiger partial charge on any atom is -0.365 e. The fourth-order valence-corrected chi connectivity index (χ4v) is 3.23. The zero-order valence-electron chi connectivity index (χ0n) is 10.3. The molecule has 2 heterocycles. The lowest BCUT2D eigenvalue weighted by Gasteiger charge is -2.17. The molecule has 3 nitrogen and oxygen atoms in total. The van der Waals surface area contributed by atoms with Crippen LogP contribution >= 0.6 is 11.3 Å². The summed E-state index contributed by atoms with van der Waals surface area (Å²) in [6.07, 6.45) is 2.04. The first-order chi connectivity index (χ1) is 8.86. The molecule has 1 aromatic carbocycles. The van der Waals surface area contributed by atoms with Crippen molar-refractivity contribution in [1.29, 1.82) is 0 Å². The number of hydrogen-bond donors (Lipinski definition) is 1. The number of nitrogens with zero attached hydrogens (tertiary/aromatic N) is 2. The molecule has 2 aromatic rings. The fourth-order valence-electron chi connectivity index (χ4n) is 2.43. The van der Waals surface area contributed by atoms with Gasteiger partial charge in [-0.15, -0.1) is 11.3 Å². The third-order valence-electron chi connectivity index (χ3n) is 3.29. The van der Waals surface area contributed by atoms with Crippen molar-refractivity contribution in [3.05, 3.63) is 45.9 Å². The summed E-state index contributed by atoms with van der Waals surface area (Å²) in [5.41, 5.74) is 9.54. The van der Waals surface area contributed by atoms with Crippen LogP contribution in [-0.2, 0) is 19.4 Å². The highest BCUT2D eigenvalue weighted by Gasteiger charge is 2.18. The van der Waals surface area contributed by atoms with Gasteiger partial charge >= 0.3 is 0 Å². The summed E-state index contributed by atoms with van der Waals surface area (Å²) in [5, 5.41) is 3.31. The smallest absolute Gasteiger partial charge is 0.0941 e. The molecule has 0 fully saturated rings. The largest absolute Gasteiger partial charge is 0.365 e. The zero-order chi connectivity index (χ0) is 12.4. The molecule has 0 saturated carbocycles. The van der Waals surface area contributed by atoms with E-state index in [2.05, 4.69) is 39.5 Å². The maximum absolute atomic E-state index is 5.55. The van der Waals surface area contributed by atoms with Gasteiger partial charge in [-0.1, -0.05) is 18.2 Å². The highest BCUT2D eigenvalue weighted by Crippen LogP contribution is 2.28. The van der Waals surface area contributed by atoms with Crippen molar-refractivity contribution in [2.45, 2.75) is 19.4 Å². The standard InChI is InChI=1S/C14H17N3S/c15-7-5-14-16-12(10-18-14)9-17-8-6-11-3-1-2-4-13(11)17/h1-4,10H,5-9,15H2. The van der Waals surface area contributed by atoms with Gasteiger partial charge in [0.25, 0.3) is 0 Å². The van der Waals surface area contributed by atoms with Crippen LogP contribution < -0.4 is 10.6 Å². The van der Waals surface area contributed by atoms with Crippen LogP contribution in [0.2, 0.25) is 0 Å². The monoisotopic (exact) mass is 259 g/mol. The summed E-state index contributed by atoms with van der Waals surface area (Å²) in [7, 11) is 0. The Morgan fingerprint density at radius 3 is 3.11 bits per heavy atom. The van der Waals surface area contributed by atoms with Gasteiger partial charge in [-0.25, -0.2) is 4.98 Å². The molecule has 1 aliphatic rings. The summed E-state index contributed by atoms with van der Waals surface area (Å²) in [4.78, 5) is 7.05. The van der Waals surface area contributed by atoms with Crippen molar-refractivity contribution >= 4 is 17.0 Å². The van der Waals surface area contributed by atoms with Crippen LogP contribution in [0.3, 0.4) is 0 Å². The molecule has 1 aromatic heterocycles. The quantitative estimate of drug-likeness (QED) is 0.915. The summed E-state index contributed by atoms with van der Waals surface area (Å²) in [6.45, 7) is 2.70. The van der Waals surface area contributed by atoms with Crippen LogP contribution in [0.5, 0.6) is 0 Å². The molecule has 0 atom stereocenters. The van der Waals surface area contributed by atoms with Gasteiger partial charge in [0.05, 0.1) is 17.2 Å². The van der Waals surface area contributed by atoms with E-state index in [9.17, 15) is 0 Å². The van der Waals surface area contributed by atoms with E-state index in [1.807, 2.05) is 0 Å². The predicted molar refractivity (Wildman–Crippen MR) is 76.1 cm³/mol. The van der Waals surface area contributed by atoms with Crippen LogP contribution in [0.15, 0.2) is 29.6 Å².